The first-order valence-corrected chi connectivity index (χ1v) is 19.0. The highest BCUT2D eigenvalue weighted by atomic mass is 16.6. The third-order valence-corrected chi connectivity index (χ3v) is 12.6. The summed E-state index contributed by atoms with van der Waals surface area (Å²) in [6.45, 7) is 9.08. The molecule has 0 radical (unpaired) electrons. The monoisotopic (exact) mass is 697 g/mol. The highest BCUT2D eigenvalue weighted by Gasteiger charge is 2.51. The summed E-state index contributed by atoms with van der Waals surface area (Å²) in [5.41, 5.74) is 4.90. The fourth-order valence-electron chi connectivity index (χ4n) is 9.19. The number of nitrogens with zero attached hydrogens (tertiary/aromatic N) is 5. The number of pyridine rings is 1. The minimum absolute atomic E-state index is 0.0593. The molecule has 1 aliphatic heterocycles. The van der Waals surface area contributed by atoms with E-state index in [9.17, 15) is 9.59 Å². The Kier molecular flexibility index (Phi) is 10.2. The van der Waals surface area contributed by atoms with Gasteiger partial charge in [0.2, 0.25) is 5.91 Å². The number of benzene rings is 1. The zero-order valence-electron chi connectivity index (χ0n) is 31.1. The van der Waals surface area contributed by atoms with Crippen LogP contribution in [0.3, 0.4) is 0 Å². The Morgan fingerprint density at radius 3 is 2.31 bits per heavy atom. The summed E-state index contributed by atoms with van der Waals surface area (Å²) in [6.07, 6.45) is 14.9. The number of ether oxygens (including phenoxy) is 3. The number of rotatable bonds is 11. The Morgan fingerprint density at radius 1 is 0.961 bits per heavy atom. The molecule has 4 saturated carbocycles. The lowest BCUT2D eigenvalue weighted by atomic mass is 9.51. The maximum atomic E-state index is 14.7. The lowest BCUT2D eigenvalue weighted by Gasteiger charge is -2.55. The average Bonchev–Trinajstić information content (AvgIpc) is 3.64. The van der Waals surface area contributed by atoms with Gasteiger partial charge in [0, 0.05) is 62.6 Å². The number of aryl methyl sites for hydroxylation is 1. The summed E-state index contributed by atoms with van der Waals surface area (Å²) in [7, 11) is 3.43. The van der Waals surface area contributed by atoms with Gasteiger partial charge in [0.1, 0.15) is 17.7 Å². The molecule has 0 unspecified atom stereocenters. The summed E-state index contributed by atoms with van der Waals surface area (Å²) in [4.78, 5) is 36.1. The summed E-state index contributed by atoms with van der Waals surface area (Å²) in [5, 5.41) is 4.57. The molecule has 2 bridgehead atoms. The van der Waals surface area contributed by atoms with Gasteiger partial charge in [-0.1, -0.05) is 12.1 Å². The van der Waals surface area contributed by atoms with Crippen LogP contribution in [0.4, 0.5) is 10.6 Å². The normalized spacial score (nSPS) is 26.2. The minimum atomic E-state index is -0.241. The highest BCUT2D eigenvalue weighted by molar-refractivity contribution is 5.95. The molecule has 0 N–H and O–H groups in total. The van der Waals surface area contributed by atoms with E-state index in [0.29, 0.717) is 63.7 Å². The van der Waals surface area contributed by atoms with Crippen LogP contribution in [0.1, 0.15) is 95.2 Å². The first kappa shape index (κ1) is 35.5. The lowest BCUT2D eigenvalue weighted by Crippen LogP contribution is -2.53. The molecule has 0 spiro atoms. The second-order valence-electron chi connectivity index (χ2n) is 16.2. The molecule has 2 aromatic heterocycles. The number of fused-ring (bicyclic) bond motifs is 3. The van der Waals surface area contributed by atoms with E-state index in [0.717, 1.165) is 55.4 Å². The zero-order chi connectivity index (χ0) is 35.8. The first-order valence-electron chi connectivity index (χ1n) is 19.0. The Hall–Kier alpha value is -3.92. The van der Waals surface area contributed by atoms with Gasteiger partial charge in [-0.3, -0.25) is 14.4 Å². The number of aromatic nitrogens is 3. The van der Waals surface area contributed by atoms with Gasteiger partial charge in [-0.05, 0) is 131 Å². The van der Waals surface area contributed by atoms with Crippen LogP contribution in [0.25, 0.3) is 11.1 Å². The molecule has 1 saturated heterocycles. The van der Waals surface area contributed by atoms with Crippen LogP contribution in [-0.4, -0.2) is 78.2 Å². The van der Waals surface area contributed by atoms with Gasteiger partial charge in [-0.2, -0.15) is 5.10 Å². The van der Waals surface area contributed by atoms with Crippen molar-refractivity contribution in [3.05, 3.63) is 60.0 Å². The van der Waals surface area contributed by atoms with Crippen molar-refractivity contribution in [3.8, 4) is 16.9 Å². The van der Waals surface area contributed by atoms with Crippen molar-refractivity contribution in [2.24, 2.45) is 17.3 Å². The van der Waals surface area contributed by atoms with Crippen LogP contribution in [-0.2, 0) is 19.7 Å². The number of hydrogen-bond donors (Lipinski definition) is 0. The van der Waals surface area contributed by atoms with Crippen molar-refractivity contribution in [3.63, 3.8) is 0 Å². The summed E-state index contributed by atoms with van der Waals surface area (Å²) in [5.74, 6) is 2.06. The van der Waals surface area contributed by atoms with Crippen LogP contribution in [0, 0.1) is 24.2 Å². The standard InChI is InChI=1S/C41H55N5O5/c1-28(2)46-25-33(22-43-46)32-12-19-42-37(21-32)45(38(47)31-6-9-35(10-7-31)51-39(48)44-23-30(24-44)26-49-4)27-40-13-16-41(17-14-40,18-15-40)34-8-11-36(50-5)29(3)20-34/h8,11-12,19-22,25,28,30-31,35H,6-7,9-10,13-18,23-24,26-27H2,1-5H3. The molecule has 5 fully saturated rings. The zero-order valence-corrected chi connectivity index (χ0v) is 31.1. The van der Waals surface area contributed by atoms with E-state index in [1.54, 1.807) is 19.1 Å². The van der Waals surface area contributed by atoms with Gasteiger partial charge >= 0.3 is 6.09 Å². The molecule has 274 valence electrons. The summed E-state index contributed by atoms with van der Waals surface area (Å²) >= 11 is 0. The number of methoxy groups -OCH3 is 2. The van der Waals surface area contributed by atoms with E-state index in [-0.39, 0.29) is 40.9 Å². The number of amides is 2. The van der Waals surface area contributed by atoms with Gasteiger partial charge in [-0.15, -0.1) is 0 Å². The molecule has 51 heavy (non-hydrogen) atoms. The fourth-order valence-corrected chi connectivity index (χ4v) is 9.19. The quantitative estimate of drug-likeness (QED) is 0.202. The van der Waals surface area contributed by atoms with Crippen molar-refractivity contribution in [1.82, 2.24) is 19.7 Å². The maximum Gasteiger partial charge on any atom is 0.410 e. The molecule has 3 aromatic rings. The molecule has 10 heteroatoms. The van der Waals surface area contributed by atoms with Crippen LogP contribution >= 0.6 is 0 Å². The number of anilines is 1. The Balaban J connectivity index is 1.07. The molecule has 3 heterocycles. The van der Waals surface area contributed by atoms with Crippen LogP contribution in [0.15, 0.2) is 48.9 Å². The third-order valence-electron chi connectivity index (χ3n) is 12.6. The summed E-state index contributed by atoms with van der Waals surface area (Å²) in [6, 6.07) is 11.1. The Morgan fingerprint density at radius 2 is 1.69 bits per heavy atom. The largest absolute Gasteiger partial charge is 0.496 e. The third kappa shape index (κ3) is 7.26. The van der Waals surface area contributed by atoms with E-state index >= 15 is 0 Å². The SMILES string of the molecule is COCC1CN(C(=O)OC2CCC(C(=O)N(CC34CCC(c5ccc(OC)c(C)c5)(CC3)CC4)c3cc(-c4cnn(C(C)C)c4)ccn3)CC2)C1. The van der Waals surface area contributed by atoms with E-state index in [1.807, 2.05) is 28.0 Å². The van der Waals surface area contributed by atoms with Crippen molar-refractivity contribution in [1.29, 1.82) is 0 Å². The molecule has 2 amide bonds. The molecule has 0 atom stereocenters. The topological polar surface area (TPSA) is 99.0 Å². The van der Waals surface area contributed by atoms with E-state index in [2.05, 4.69) is 56.3 Å². The van der Waals surface area contributed by atoms with Gasteiger partial charge in [-0.25, -0.2) is 9.78 Å². The number of carbonyl (C=O) groups is 2. The van der Waals surface area contributed by atoms with Crippen LogP contribution < -0.4 is 9.64 Å². The predicted molar refractivity (Wildman–Crippen MR) is 197 cm³/mol. The van der Waals surface area contributed by atoms with E-state index in [4.69, 9.17) is 19.2 Å². The average molecular weight is 698 g/mol. The van der Waals surface area contributed by atoms with Crippen LogP contribution in [0.5, 0.6) is 5.75 Å². The van der Waals surface area contributed by atoms with Crippen molar-refractivity contribution >= 4 is 17.8 Å². The van der Waals surface area contributed by atoms with Gasteiger partial charge < -0.3 is 19.1 Å². The lowest BCUT2D eigenvalue weighted by molar-refractivity contribution is -0.124. The molecule has 8 rings (SSSR count). The minimum Gasteiger partial charge on any atom is -0.496 e. The number of likely N-dealkylation sites (tertiary alicyclic amines) is 1. The molecule has 10 nitrogen and oxygen atoms in total. The van der Waals surface area contributed by atoms with E-state index < -0.39 is 0 Å². The van der Waals surface area contributed by atoms with E-state index in [1.165, 1.54) is 11.1 Å². The predicted octanol–water partition coefficient (Wildman–Crippen LogP) is 7.74. The molecular formula is C41H55N5O5. The maximum absolute atomic E-state index is 14.7. The van der Waals surface area contributed by atoms with Crippen LogP contribution in [0.2, 0.25) is 0 Å². The van der Waals surface area contributed by atoms with Gasteiger partial charge in [0.05, 0.1) is 19.9 Å². The van der Waals surface area contributed by atoms with Crippen molar-refractivity contribution in [2.45, 2.75) is 103 Å². The van der Waals surface area contributed by atoms with Gasteiger partial charge in [0.15, 0.2) is 0 Å². The smallest absolute Gasteiger partial charge is 0.410 e. The first-order chi connectivity index (χ1) is 24.6. The van der Waals surface area contributed by atoms with Gasteiger partial charge in [0.25, 0.3) is 0 Å². The second kappa shape index (κ2) is 14.6. The Bertz CT molecular complexity index is 1680. The Labute approximate surface area is 302 Å². The highest BCUT2D eigenvalue weighted by Crippen LogP contribution is 2.58. The fraction of sp³-hybridized carbons (Fsp3) is 0.610. The number of hydrogen-bond acceptors (Lipinski definition) is 7. The molecule has 4 aliphatic carbocycles. The molecule has 1 aromatic carbocycles. The molecular weight excluding hydrogens is 642 g/mol. The number of carbonyl (C=O) groups excluding carboxylic acids is 2. The molecule has 5 aliphatic rings. The summed E-state index contributed by atoms with van der Waals surface area (Å²) < 4.78 is 18.6. The van der Waals surface area contributed by atoms with Crippen molar-refractivity contribution < 1.29 is 23.8 Å². The second-order valence-corrected chi connectivity index (χ2v) is 16.2. The van der Waals surface area contributed by atoms with Crippen molar-refractivity contribution in [2.75, 3.05) is 45.4 Å².